The summed E-state index contributed by atoms with van der Waals surface area (Å²) in [6.45, 7) is 2.63. The highest BCUT2D eigenvalue weighted by Crippen LogP contribution is 2.38. The Balaban J connectivity index is 0.00000243. The molecule has 0 aliphatic carbocycles. The van der Waals surface area contributed by atoms with Gasteiger partial charge in [0.1, 0.15) is 5.69 Å². The van der Waals surface area contributed by atoms with Crippen LogP contribution in [0.3, 0.4) is 0 Å². The molecule has 10 heteroatoms. The van der Waals surface area contributed by atoms with E-state index in [2.05, 4.69) is 15.0 Å². The second-order valence-electron chi connectivity index (χ2n) is 6.03. The van der Waals surface area contributed by atoms with E-state index in [0.29, 0.717) is 22.8 Å². The molecule has 0 aromatic carbocycles. The van der Waals surface area contributed by atoms with Gasteiger partial charge in [0.25, 0.3) is 5.91 Å². The molecule has 1 fully saturated rings. The molecule has 0 spiro atoms. The molecule has 0 saturated carbocycles. The Kier molecular flexibility index (Phi) is 6.36. The fourth-order valence-electron chi connectivity index (χ4n) is 2.96. The van der Waals surface area contributed by atoms with Gasteiger partial charge < -0.3 is 14.7 Å². The van der Waals surface area contributed by atoms with E-state index in [4.69, 9.17) is 0 Å². The number of carbonyl (C=O) groups excluding carboxylic acids is 1. The van der Waals surface area contributed by atoms with E-state index in [1.54, 1.807) is 17.0 Å². The van der Waals surface area contributed by atoms with E-state index in [0.717, 1.165) is 24.2 Å². The van der Waals surface area contributed by atoms with Gasteiger partial charge in [-0.15, -0.1) is 23.7 Å². The summed E-state index contributed by atoms with van der Waals surface area (Å²) in [4.78, 5) is 15.4. The number of piperidine rings is 1. The van der Waals surface area contributed by atoms with Crippen LogP contribution in [0.15, 0.2) is 16.7 Å². The zero-order valence-electron chi connectivity index (χ0n) is 14.2. The summed E-state index contributed by atoms with van der Waals surface area (Å²) in [6, 6.07) is 3.51. The van der Waals surface area contributed by atoms with Crippen LogP contribution >= 0.6 is 23.7 Å². The number of carbonyl (C=O) groups is 1. The van der Waals surface area contributed by atoms with Crippen molar-refractivity contribution in [3.05, 3.63) is 28.3 Å². The molecular weight excluding hydrogens is 391 g/mol. The Morgan fingerprint density at radius 1 is 1.42 bits per heavy atom. The molecule has 1 aliphatic rings. The van der Waals surface area contributed by atoms with Gasteiger partial charge in [-0.1, -0.05) is 5.16 Å². The van der Waals surface area contributed by atoms with Crippen molar-refractivity contribution in [1.82, 2.24) is 15.4 Å². The maximum absolute atomic E-state index is 12.8. The molecule has 1 amide bonds. The van der Waals surface area contributed by atoms with E-state index in [9.17, 15) is 18.0 Å². The van der Waals surface area contributed by atoms with Gasteiger partial charge in [0, 0.05) is 24.7 Å². The number of hydrogen-bond acceptors (Lipinski definition) is 5. The zero-order chi connectivity index (χ0) is 18.2. The number of hydrogen-bond donors (Lipinski definition) is 1. The van der Waals surface area contributed by atoms with Crippen LogP contribution in [0, 0.1) is 6.92 Å². The van der Waals surface area contributed by atoms with Gasteiger partial charge in [-0.05, 0) is 38.9 Å². The molecule has 5 nitrogen and oxygen atoms in total. The van der Waals surface area contributed by atoms with Gasteiger partial charge in [-0.2, -0.15) is 13.2 Å². The van der Waals surface area contributed by atoms with Gasteiger partial charge in [-0.3, -0.25) is 4.79 Å². The molecule has 144 valence electrons. The third-order valence-electron chi connectivity index (χ3n) is 4.35. The number of halogens is 4. The number of amides is 1. The molecule has 2 aromatic heterocycles. The predicted molar refractivity (Wildman–Crippen MR) is 94.8 cm³/mol. The summed E-state index contributed by atoms with van der Waals surface area (Å²) >= 11 is 1.13. The fraction of sp³-hybridized carbons (Fsp3) is 0.500. The Hall–Kier alpha value is -1.58. The highest BCUT2D eigenvalue weighted by atomic mass is 35.5. The largest absolute Gasteiger partial charge is 0.452 e. The van der Waals surface area contributed by atoms with Gasteiger partial charge >= 0.3 is 6.18 Å². The summed E-state index contributed by atoms with van der Waals surface area (Å²) in [7, 11) is 1.87. The zero-order valence-corrected chi connectivity index (χ0v) is 15.9. The number of alkyl halides is 3. The first-order valence-corrected chi connectivity index (χ1v) is 8.73. The van der Waals surface area contributed by atoms with Gasteiger partial charge in [0.05, 0.1) is 9.75 Å². The highest BCUT2D eigenvalue weighted by molar-refractivity contribution is 7.17. The van der Waals surface area contributed by atoms with E-state index >= 15 is 0 Å². The van der Waals surface area contributed by atoms with Gasteiger partial charge in [-0.25, -0.2) is 0 Å². The molecule has 0 unspecified atom stereocenters. The molecule has 1 atom stereocenters. The second-order valence-corrected chi connectivity index (χ2v) is 7.11. The minimum atomic E-state index is -4.58. The summed E-state index contributed by atoms with van der Waals surface area (Å²) in [6.07, 6.45) is -2.64. The van der Waals surface area contributed by atoms with Crippen LogP contribution in [-0.2, 0) is 6.18 Å². The first-order valence-electron chi connectivity index (χ1n) is 7.91. The average molecular weight is 410 g/mol. The van der Waals surface area contributed by atoms with Crippen LogP contribution in [0.2, 0.25) is 0 Å². The van der Waals surface area contributed by atoms with Gasteiger partial charge in [0.15, 0.2) is 0 Å². The quantitative estimate of drug-likeness (QED) is 0.833. The lowest BCUT2D eigenvalue weighted by Crippen LogP contribution is -2.46. The second kappa shape index (κ2) is 7.98. The Labute approximate surface area is 158 Å². The Morgan fingerprint density at radius 3 is 2.77 bits per heavy atom. The Morgan fingerprint density at radius 2 is 2.15 bits per heavy atom. The molecule has 3 rings (SSSR count). The first-order chi connectivity index (χ1) is 11.8. The molecule has 1 N–H and O–H groups in total. The van der Waals surface area contributed by atoms with Crippen LogP contribution < -0.4 is 5.32 Å². The number of nitrogens with one attached hydrogen (secondary N) is 1. The van der Waals surface area contributed by atoms with Crippen LogP contribution in [0.1, 0.15) is 33.8 Å². The van der Waals surface area contributed by atoms with Crippen molar-refractivity contribution in [3.8, 4) is 10.6 Å². The number of nitrogens with zero attached hydrogens (tertiary/aromatic N) is 2. The van der Waals surface area contributed by atoms with E-state index in [1.807, 2.05) is 7.05 Å². The highest BCUT2D eigenvalue weighted by Gasteiger charge is 2.39. The monoisotopic (exact) mass is 409 g/mol. The maximum atomic E-state index is 12.8. The topological polar surface area (TPSA) is 58.4 Å². The standard InChI is InChI=1S/C16H18F3N3O2S.ClH/c1-9-13(21-24-14(9)16(17,18)19)11-5-6-12(25-11)15(23)22-7-3-4-10(8-22)20-2;/h5-6,10,20H,3-4,7-8H2,1-2H3;1H/t10-;/m1./s1. The lowest BCUT2D eigenvalue weighted by atomic mass is 10.1. The van der Waals surface area contributed by atoms with Crippen molar-refractivity contribution in [3.63, 3.8) is 0 Å². The van der Waals surface area contributed by atoms with Crippen molar-refractivity contribution in [2.45, 2.75) is 32.0 Å². The lowest BCUT2D eigenvalue weighted by molar-refractivity contribution is -0.156. The Bertz CT molecular complexity index is 775. The maximum Gasteiger partial charge on any atom is 0.452 e. The van der Waals surface area contributed by atoms with Crippen LogP contribution in [-0.4, -0.2) is 42.1 Å². The summed E-state index contributed by atoms with van der Waals surface area (Å²) in [5.74, 6) is -1.20. The number of likely N-dealkylation sites (N-methyl/N-ethyl adjacent to an activating group) is 1. The average Bonchev–Trinajstić information content (AvgIpc) is 3.20. The summed E-state index contributed by atoms with van der Waals surface area (Å²) in [5.41, 5.74) is 0.0599. The molecule has 1 aliphatic heterocycles. The molecule has 26 heavy (non-hydrogen) atoms. The first kappa shape index (κ1) is 20.7. The van der Waals surface area contributed by atoms with Crippen molar-refractivity contribution < 1.29 is 22.5 Å². The van der Waals surface area contributed by atoms with Crippen molar-refractivity contribution in [1.29, 1.82) is 0 Å². The number of thiophene rings is 1. The van der Waals surface area contributed by atoms with Gasteiger partial charge in [0.2, 0.25) is 5.76 Å². The predicted octanol–water partition coefficient (Wildman–Crippen LogP) is 3.98. The van der Waals surface area contributed by atoms with Crippen molar-refractivity contribution >= 4 is 29.7 Å². The molecular formula is C16H19ClF3N3O2S. The SMILES string of the molecule is CN[C@@H]1CCCN(C(=O)c2ccc(-c3noc(C(F)(F)F)c3C)s2)C1.Cl. The summed E-state index contributed by atoms with van der Waals surface area (Å²) in [5, 5.41) is 6.72. The van der Waals surface area contributed by atoms with Crippen LogP contribution in [0.4, 0.5) is 13.2 Å². The number of aromatic nitrogens is 1. The molecule has 2 aromatic rings. The minimum absolute atomic E-state index is 0. The van der Waals surface area contributed by atoms with Crippen molar-refractivity contribution in [2.75, 3.05) is 20.1 Å². The van der Waals surface area contributed by atoms with Crippen LogP contribution in [0.25, 0.3) is 10.6 Å². The summed E-state index contributed by atoms with van der Waals surface area (Å²) < 4.78 is 42.9. The molecule has 0 bridgehead atoms. The van der Waals surface area contributed by atoms with E-state index in [1.165, 1.54) is 6.92 Å². The lowest BCUT2D eigenvalue weighted by Gasteiger charge is -2.32. The normalized spacial score (nSPS) is 17.9. The third kappa shape index (κ3) is 4.05. The molecule has 0 radical (unpaired) electrons. The fourth-order valence-corrected chi connectivity index (χ4v) is 3.98. The molecule has 1 saturated heterocycles. The number of rotatable bonds is 3. The molecule has 3 heterocycles. The van der Waals surface area contributed by atoms with Crippen LogP contribution in [0.5, 0.6) is 0 Å². The smallest absolute Gasteiger partial charge is 0.351 e. The number of likely N-dealkylation sites (tertiary alicyclic amines) is 1. The van der Waals surface area contributed by atoms with E-state index in [-0.39, 0.29) is 35.6 Å². The third-order valence-corrected chi connectivity index (χ3v) is 5.43. The minimum Gasteiger partial charge on any atom is -0.351 e. The van der Waals surface area contributed by atoms with E-state index < -0.39 is 11.9 Å². The van der Waals surface area contributed by atoms with Crippen molar-refractivity contribution in [2.24, 2.45) is 0 Å².